The quantitative estimate of drug-likeness (QED) is 0.857. The van der Waals surface area contributed by atoms with E-state index in [2.05, 4.69) is 25.6 Å². The Hall–Kier alpha value is -1.59. The maximum absolute atomic E-state index is 5.84. The van der Waals surface area contributed by atoms with Crippen LogP contribution in [0, 0.1) is 0 Å². The molecule has 1 heterocycles. The maximum atomic E-state index is 5.84. The number of halogens is 2. The number of aromatic nitrogens is 3. The molecule has 0 spiro atoms. The van der Waals surface area contributed by atoms with Crippen molar-refractivity contribution in [1.29, 1.82) is 0 Å². The van der Waals surface area contributed by atoms with Crippen molar-refractivity contribution >= 4 is 35.1 Å². The summed E-state index contributed by atoms with van der Waals surface area (Å²) in [4.78, 5) is 12.2. The van der Waals surface area contributed by atoms with Crippen LogP contribution in [0.3, 0.4) is 0 Å². The summed E-state index contributed by atoms with van der Waals surface area (Å²) in [5, 5.41) is 7.04. The van der Waals surface area contributed by atoms with Crippen LogP contribution in [0.2, 0.25) is 10.3 Å². The van der Waals surface area contributed by atoms with Crippen LogP contribution in [-0.2, 0) is 6.42 Å². The third kappa shape index (κ3) is 4.51. The van der Waals surface area contributed by atoms with Crippen molar-refractivity contribution < 1.29 is 0 Å². The third-order valence-electron chi connectivity index (χ3n) is 2.55. The summed E-state index contributed by atoms with van der Waals surface area (Å²) in [6.45, 7) is 3.39. The fraction of sp³-hybridized carbons (Fsp3) is 0.308. The van der Waals surface area contributed by atoms with E-state index in [9.17, 15) is 0 Å². The monoisotopic (exact) mass is 311 g/mol. The van der Waals surface area contributed by atoms with E-state index in [1.54, 1.807) is 0 Å². The van der Waals surface area contributed by atoms with E-state index in [4.69, 9.17) is 23.2 Å². The van der Waals surface area contributed by atoms with Crippen LogP contribution >= 0.6 is 23.2 Å². The molecule has 2 N–H and O–H groups in total. The molecule has 0 aliphatic heterocycles. The van der Waals surface area contributed by atoms with Crippen molar-refractivity contribution in [2.24, 2.45) is 0 Å². The van der Waals surface area contributed by atoms with Crippen molar-refractivity contribution in [3.63, 3.8) is 0 Å². The number of hydrogen-bond donors (Lipinski definition) is 2. The highest BCUT2D eigenvalue weighted by Crippen LogP contribution is 2.11. The molecule has 0 bridgehead atoms. The zero-order valence-electron chi connectivity index (χ0n) is 11.0. The molecule has 106 valence electrons. The van der Waals surface area contributed by atoms with Gasteiger partial charge in [0, 0.05) is 18.1 Å². The summed E-state index contributed by atoms with van der Waals surface area (Å²) in [6.07, 6.45) is 0.844. The highest BCUT2D eigenvalue weighted by Gasteiger charge is 2.03. The van der Waals surface area contributed by atoms with Gasteiger partial charge in [-0.15, -0.1) is 0 Å². The molecule has 1 aromatic carbocycles. The second-order valence-corrected chi connectivity index (χ2v) is 4.86. The van der Waals surface area contributed by atoms with E-state index in [1.165, 1.54) is 5.56 Å². The average molecular weight is 312 g/mol. The van der Waals surface area contributed by atoms with E-state index < -0.39 is 0 Å². The second kappa shape index (κ2) is 7.26. The van der Waals surface area contributed by atoms with Gasteiger partial charge >= 0.3 is 0 Å². The minimum Gasteiger partial charge on any atom is -0.354 e. The number of nitrogens with one attached hydrogen (secondary N) is 2. The lowest BCUT2D eigenvalue weighted by Gasteiger charge is -2.07. The van der Waals surface area contributed by atoms with Crippen LogP contribution in [0.1, 0.15) is 12.5 Å². The Morgan fingerprint density at radius 2 is 1.60 bits per heavy atom. The number of hydrogen-bond acceptors (Lipinski definition) is 5. The van der Waals surface area contributed by atoms with Crippen molar-refractivity contribution in [3.05, 3.63) is 40.1 Å². The Bertz CT molecular complexity index is 559. The van der Waals surface area contributed by atoms with Crippen LogP contribution < -0.4 is 10.6 Å². The molecular weight excluding hydrogens is 297 g/mol. The molecule has 5 nitrogen and oxygen atoms in total. The molecule has 0 fully saturated rings. The molecule has 20 heavy (non-hydrogen) atoms. The zero-order valence-corrected chi connectivity index (χ0v) is 12.5. The Morgan fingerprint density at radius 3 is 2.25 bits per heavy atom. The molecule has 0 saturated heterocycles. The van der Waals surface area contributed by atoms with E-state index >= 15 is 0 Å². The maximum Gasteiger partial charge on any atom is 0.228 e. The summed E-state index contributed by atoms with van der Waals surface area (Å²) in [6, 6.07) is 7.74. The molecule has 0 unspecified atom stereocenters. The van der Waals surface area contributed by atoms with E-state index in [0.29, 0.717) is 18.4 Å². The second-order valence-electron chi connectivity index (χ2n) is 4.09. The Balaban J connectivity index is 1.91. The number of anilines is 2. The highest BCUT2D eigenvalue weighted by atomic mass is 35.5. The van der Waals surface area contributed by atoms with Gasteiger partial charge in [0.1, 0.15) is 0 Å². The van der Waals surface area contributed by atoms with Crippen molar-refractivity contribution in [2.45, 2.75) is 13.3 Å². The molecule has 0 aliphatic carbocycles. The number of rotatable bonds is 6. The fourth-order valence-corrected chi connectivity index (χ4v) is 1.92. The number of benzene rings is 1. The van der Waals surface area contributed by atoms with Crippen molar-refractivity contribution in [3.8, 4) is 0 Å². The molecule has 2 rings (SSSR count). The minimum absolute atomic E-state index is 0.171. The molecule has 1 aromatic heterocycles. The van der Waals surface area contributed by atoms with Gasteiger partial charge in [0.05, 0.1) is 0 Å². The smallest absolute Gasteiger partial charge is 0.228 e. The van der Waals surface area contributed by atoms with Crippen LogP contribution in [0.15, 0.2) is 24.3 Å². The molecule has 0 aliphatic rings. The van der Waals surface area contributed by atoms with Crippen LogP contribution in [0.4, 0.5) is 11.9 Å². The lowest BCUT2D eigenvalue weighted by atomic mass is 10.1. The predicted octanol–water partition coefficient (Wildman–Crippen LogP) is 3.26. The van der Waals surface area contributed by atoms with Crippen molar-refractivity contribution in [2.75, 3.05) is 23.7 Å². The Labute approximate surface area is 127 Å². The number of nitrogens with zero attached hydrogens (tertiary/aromatic N) is 3. The van der Waals surface area contributed by atoms with E-state index in [1.807, 2.05) is 31.2 Å². The van der Waals surface area contributed by atoms with Gasteiger partial charge in [-0.3, -0.25) is 0 Å². The molecule has 0 radical (unpaired) electrons. The van der Waals surface area contributed by atoms with Gasteiger partial charge in [-0.1, -0.05) is 23.7 Å². The first-order valence-electron chi connectivity index (χ1n) is 6.31. The highest BCUT2D eigenvalue weighted by molar-refractivity contribution is 6.30. The van der Waals surface area contributed by atoms with Gasteiger partial charge in [0.25, 0.3) is 0 Å². The van der Waals surface area contributed by atoms with Crippen LogP contribution in [0.25, 0.3) is 0 Å². The van der Waals surface area contributed by atoms with Gasteiger partial charge in [0.2, 0.25) is 17.2 Å². The molecule has 7 heteroatoms. The Kier molecular flexibility index (Phi) is 5.38. The van der Waals surface area contributed by atoms with Gasteiger partial charge in [-0.05, 0) is 42.6 Å². The van der Waals surface area contributed by atoms with Crippen LogP contribution in [0.5, 0.6) is 0 Å². The first-order chi connectivity index (χ1) is 9.67. The van der Waals surface area contributed by atoms with E-state index in [0.717, 1.165) is 18.0 Å². The first-order valence-corrected chi connectivity index (χ1v) is 7.06. The SMILES string of the molecule is CCNc1nc(Cl)nc(NCCc2ccc(Cl)cc2)n1. The molecular formula is C13H15Cl2N5. The van der Waals surface area contributed by atoms with Gasteiger partial charge in [0.15, 0.2) is 0 Å². The Morgan fingerprint density at radius 1 is 0.950 bits per heavy atom. The zero-order chi connectivity index (χ0) is 14.4. The standard InChI is InChI=1S/C13H15Cl2N5/c1-2-16-12-18-11(15)19-13(20-12)17-8-7-9-3-5-10(14)6-4-9/h3-6H,2,7-8H2,1H3,(H2,16,17,18,19,20). The van der Waals surface area contributed by atoms with E-state index in [-0.39, 0.29) is 5.28 Å². The summed E-state index contributed by atoms with van der Waals surface area (Å²) >= 11 is 11.7. The van der Waals surface area contributed by atoms with Crippen molar-refractivity contribution in [1.82, 2.24) is 15.0 Å². The molecule has 0 amide bonds. The van der Waals surface area contributed by atoms with Gasteiger partial charge in [-0.2, -0.15) is 15.0 Å². The molecule has 2 aromatic rings. The minimum atomic E-state index is 0.171. The molecule has 0 atom stereocenters. The average Bonchev–Trinajstić information content (AvgIpc) is 2.41. The largest absolute Gasteiger partial charge is 0.354 e. The normalized spacial score (nSPS) is 10.3. The topological polar surface area (TPSA) is 62.7 Å². The van der Waals surface area contributed by atoms with Gasteiger partial charge in [-0.25, -0.2) is 0 Å². The summed E-state index contributed by atoms with van der Waals surface area (Å²) in [7, 11) is 0. The summed E-state index contributed by atoms with van der Waals surface area (Å²) < 4.78 is 0. The van der Waals surface area contributed by atoms with Gasteiger partial charge < -0.3 is 10.6 Å². The predicted molar refractivity (Wildman–Crippen MR) is 82.6 cm³/mol. The lowest BCUT2D eigenvalue weighted by Crippen LogP contribution is -2.11. The summed E-state index contributed by atoms with van der Waals surface area (Å²) in [5.74, 6) is 0.941. The first kappa shape index (κ1) is 14.8. The third-order valence-corrected chi connectivity index (χ3v) is 2.97. The van der Waals surface area contributed by atoms with Crippen LogP contribution in [-0.4, -0.2) is 28.0 Å². The lowest BCUT2D eigenvalue weighted by molar-refractivity contribution is 0.957. The summed E-state index contributed by atoms with van der Waals surface area (Å²) in [5.41, 5.74) is 1.19. The molecule has 0 saturated carbocycles. The fourth-order valence-electron chi connectivity index (χ4n) is 1.64.